The number of carbonyl (C=O) groups is 1. The minimum Gasteiger partial charge on any atom is -0.479 e. The molecule has 2 unspecified atom stereocenters. The first kappa shape index (κ1) is 17.4. The highest BCUT2D eigenvalue weighted by atomic mass is 16.5. The van der Waals surface area contributed by atoms with Crippen LogP contribution in [0, 0.1) is 11.8 Å². The van der Waals surface area contributed by atoms with E-state index in [0.717, 1.165) is 26.1 Å². The molecule has 1 rings (SSSR count). The molecule has 0 radical (unpaired) electrons. The predicted molar refractivity (Wildman–Crippen MR) is 80.9 cm³/mol. The summed E-state index contributed by atoms with van der Waals surface area (Å²) in [6, 6.07) is 0. The second-order valence-corrected chi connectivity index (χ2v) is 6.83. The molecule has 1 saturated heterocycles. The van der Waals surface area contributed by atoms with Crippen molar-refractivity contribution in [2.75, 3.05) is 19.6 Å². The van der Waals surface area contributed by atoms with Crippen LogP contribution in [0.2, 0.25) is 0 Å². The Balaban J connectivity index is 2.40. The van der Waals surface area contributed by atoms with Crippen LogP contribution < -0.4 is 0 Å². The lowest BCUT2D eigenvalue weighted by Gasteiger charge is -2.26. The third kappa shape index (κ3) is 6.71. The van der Waals surface area contributed by atoms with Gasteiger partial charge in [-0.15, -0.1) is 0 Å². The summed E-state index contributed by atoms with van der Waals surface area (Å²) in [5.41, 5.74) is 0. The Bertz CT molecular complexity index is 279. The Hall–Kier alpha value is -0.610. The normalized spacial score (nSPS) is 23.1. The zero-order valence-electron chi connectivity index (χ0n) is 13.5. The summed E-state index contributed by atoms with van der Waals surface area (Å²) in [4.78, 5) is 13.4. The first-order chi connectivity index (χ1) is 9.38. The van der Waals surface area contributed by atoms with Gasteiger partial charge in [0.05, 0.1) is 6.10 Å². The zero-order valence-corrected chi connectivity index (χ0v) is 13.5. The Morgan fingerprint density at radius 3 is 2.10 bits per heavy atom. The smallest absolute Gasteiger partial charge is 0.332 e. The average Bonchev–Trinajstić information content (AvgIpc) is 2.81. The maximum absolute atomic E-state index is 10.9. The SMILES string of the molecule is CC(C)CCN(CCC(C)C)CC1CCC(C(=O)O)O1. The Kier molecular flexibility index (Phi) is 7.52. The van der Waals surface area contributed by atoms with Gasteiger partial charge in [-0.1, -0.05) is 27.7 Å². The molecular formula is C16H31NO3. The van der Waals surface area contributed by atoms with E-state index >= 15 is 0 Å². The minimum absolute atomic E-state index is 0.0930. The van der Waals surface area contributed by atoms with E-state index in [0.29, 0.717) is 18.3 Å². The first-order valence-corrected chi connectivity index (χ1v) is 7.99. The highest BCUT2D eigenvalue weighted by Crippen LogP contribution is 2.21. The number of carboxylic acid groups (broad SMARTS) is 1. The van der Waals surface area contributed by atoms with Crippen molar-refractivity contribution in [3.05, 3.63) is 0 Å². The molecule has 0 amide bonds. The fourth-order valence-corrected chi connectivity index (χ4v) is 2.49. The highest BCUT2D eigenvalue weighted by molar-refractivity contribution is 5.72. The molecule has 4 nitrogen and oxygen atoms in total. The number of hydrogen-bond donors (Lipinski definition) is 1. The van der Waals surface area contributed by atoms with Gasteiger partial charge in [0.1, 0.15) is 0 Å². The van der Waals surface area contributed by atoms with Gasteiger partial charge >= 0.3 is 5.97 Å². The fourth-order valence-electron chi connectivity index (χ4n) is 2.49. The maximum atomic E-state index is 10.9. The van der Waals surface area contributed by atoms with Gasteiger partial charge in [0.2, 0.25) is 0 Å². The number of carboxylic acids is 1. The van der Waals surface area contributed by atoms with Crippen LogP contribution in [0.25, 0.3) is 0 Å². The second kappa shape index (κ2) is 8.63. The molecule has 20 heavy (non-hydrogen) atoms. The molecular weight excluding hydrogens is 254 g/mol. The van der Waals surface area contributed by atoms with Crippen LogP contribution in [-0.2, 0) is 9.53 Å². The summed E-state index contributed by atoms with van der Waals surface area (Å²) in [5, 5.41) is 8.98. The molecule has 0 saturated carbocycles. The van der Waals surface area contributed by atoms with Crippen molar-refractivity contribution in [3.63, 3.8) is 0 Å². The minimum atomic E-state index is -0.816. The topological polar surface area (TPSA) is 49.8 Å². The Morgan fingerprint density at radius 1 is 1.15 bits per heavy atom. The lowest BCUT2D eigenvalue weighted by atomic mass is 10.1. The molecule has 4 heteroatoms. The summed E-state index contributed by atoms with van der Waals surface area (Å²) in [7, 11) is 0. The van der Waals surface area contributed by atoms with Crippen molar-refractivity contribution in [3.8, 4) is 0 Å². The van der Waals surface area contributed by atoms with Crippen LogP contribution >= 0.6 is 0 Å². The van der Waals surface area contributed by atoms with Crippen molar-refractivity contribution < 1.29 is 14.6 Å². The lowest BCUT2D eigenvalue weighted by molar-refractivity contribution is -0.149. The standard InChI is InChI=1S/C16H31NO3/c1-12(2)7-9-17(10-8-13(3)4)11-14-5-6-15(20-14)16(18)19/h12-15H,5-11H2,1-4H3,(H,18,19). The largest absolute Gasteiger partial charge is 0.479 e. The van der Waals surface area contributed by atoms with Gasteiger partial charge in [0.25, 0.3) is 0 Å². The molecule has 1 aliphatic heterocycles. The van der Waals surface area contributed by atoms with Gasteiger partial charge in [0, 0.05) is 6.54 Å². The molecule has 0 aromatic carbocycles. The van der Waals surface area contributed by atoms with E-state index in [-0.39, 0.29) is 6.10 Å². The van der Waals surface area contributed by atoms with E-state index in [4.69, 9.17) is 9.84 Å². The van der Waals surface area contributed by atoms with Crippen LogP contribution in [0.3, 0.4) is 0 Å². The van der Waals surface area contributed by atoms with E-state index in [1.165, 1.54) is 12.8 Å². The third-order valence-electron chi connectivity index (χ3n) is 3.89. The van der Waals surface area contributed by atoms with Gasteiger partial charge < -0.3 is 14.7 Å². The zero-order chi connectivity index (χ0) is 15.1. The van der Waals surface area contributed by atoms with Gasteiger partial charge in [0.15, 0.2) is 6.10 Å². The van der Waals surface area contributed by atoms with Crippen LogP contribution in [0.4, 0.5) is 0 Å². The number of rotatable bonds is 9. The van der Waals surface area contributed by atoms with Crippen molar-refractivity contribution in [2.45, 2.75) is 65.6 Å². The Labute approximate surface area is 123 Å². The summed E-state index contributed by atoms with van der Waals surface area (Å²) >= 11 is 0. The monoisotopic (exact) mass is 285 g/mol. The number of ether oxygens (including phenoxy) is 1. The molecule has 1 N–H and O–H groups in total. The van der Waals surface area contributed by atoms with Crippen molar-refractivity contribution >= 4 is 5.97 Å². The number of hydrogen-bond acceptors (Lipinski definition) is 3. The van der Waals surface area contributed by atoms with Crippen LogP contribution in [0.5, 0.6) is 0 Å². The fraction of sp³-hybridized carbons (Fsp3) is 0.938. The number of nitrogens with zero attached hydrogens (tertiary/aromatic N) is 1. The highest BCUT2D eigenvalue weighted by Gasteiger charge is 2.31. The summed E-state index contributed by atoms with van der Waals surface area (Å²) in [6.07, 6.45) is 3.41. The van der Waals surface area contributed by atoms with E-state index in [1.807, 2.05) is 0 Å². The van der Waals surface area contributed by atoms with Crippen LogP contribution in [-0.4, -0.2) is 47.8 Å². The predicted octanol–water partition coefficient (Wildman–Crippen LogP) is 3.01. The maximum Gasteiger partial charge on any atom is 0.332 e. The number of aliphatic carboxylic acids is 1. The van der Waals surface area contributed by atoms with E-state index in [9.17, 15) is 4.79 Å². The molecule has 0 aliphatic carbocycles. The van der Waals surface area contributed by atoms with E-state index < -0.39 is 12.1 Å². The molecule has 0 spiro atoms. The molecule has 118 valence electrons. The van der Waals surface area contributed by atoms with E-state index in [1.54, 1.807) is 0 Å². The van der Waals surface area contributed by atoms with Gasteiger partial charge in [-0.05, 0) is 50.6 Å². The van der Waals surface area contributed by atoms with Crippen molar-refractivity contribution in [1.29, 1.82) is 0 Å². The van der Waals surface area contributed by atoms with Gasteiger partial charge in [-0.2, -0.15) is 0 Å². The first-order valence-electron chi connectivity index (χ1n) is 7.99. The summed E-state index contributed by atoms with van der Waals surface area (Å²) in [6.45, 7) is 12.0. The van der Waals surface area contributed by atoms with Gasteiger partial charge in [-0.25, -0.2) is 4.79 Å². The lowest BCUT2D eigenvalue weighted by Crippen LogP contribution is -2.35. The second-order valence-electron chi connectivity index (χ2n) is 6.83. The summed E-state index contributed by atoms with van der Waals surface area (Å²) in [5.74, 6) is 0.587. The summed E-state index contributed by atoms with van der Waals surface area (Å²) < 4.78 is 5.63. The van der Waals surface area contributed by atoms with Gasteiger partial charge in [-0.3, -0.25) is 0 Å². The van der Waals surface area contributed by atoms with Crippen LogP contribution in [0.15, 0.2) is 0 Å². The Morgan fingerprint density at radius 2 is 1.70 bits per heavy atom. The molecule has 1 fully saturated rings. The molecule has 1 aliphatic rings. The van der Waals surface area contributed by atoms with Crippen LogP contribution in [0.1, 0.15) is 53.4 Å². The van der Waals surface area contributed by atoms with E-state index in [2.05, 4.69) is 32.6 Å². The third-order valence-corrected chi connectivity index (χ3v) is 3.89. The van der Waals surface area contributed by atoms with Crippen molar-refractivity contribution in [2.24, 2.45) is 11.8 Å². The molecule has 0 bridgehead atoms. The molecule has 0 aromatic heterocycles. The average molecular weight is 285 g/mol. The van der Waals surface area contributed by atoms with Crippen molar-refractivity contribution in [1.82, 2.24) is 4.90 Å². The quantitative estimate of drug-likeness (QED) is 0.707. The molecule has 0 aromatic rings. The molecule has 1 heterocycles. The molecule has 2 atom stereocenters.